The number of carboxylic acids is 2. The summed E-state index contributed by atoms with van der Waals surface area (Å²) in [7, 11) is 0. The lowest BCUT2D eigenvalue weighted by atomic mass is 9.57. The van der Waals surface area contributed by atoms with E-state index in [4.69, 9.17) is 11.1 Å². The number of hydrogen-bond acceptors (Lipinski definition) is 6. The average molecular weight is 542 g/mol. The molecule has 4 aliphatic rings. The van der Waals surface area contributed by atoms with E-state index in [-0.39, 0.29) is 25.2 Å². The van der Waals surface area contributed by atoms with Gasteiger partial charge in [0.1, 0.15) is 24.0 Å². The van der Waals surface area contributed by atoms with E-state index in [1.807, 2.05) is 0 Å². The van der Waals surface area contributed by atoms with Crippen LogP contribution in [0.4, 0.5) is 0 Å². The SMILES string of the molecule is N=C(N)c1ccc(CC(=O)N[C@H]2CCN([C@@H](CC(=O)O)C(=O)N[C@H](C(=O)O)C34CCC(CC3)CC4)C2=O)cc1. The maximum absolute atomic E-state index is 13.3. The van der Waals surface area contributed by atoms with E-state index in [1.165, 1.54) is 0 Å². The molecule has 3 aliphatic carbocycles. The Hall–Kier alpha value is -3.96. The molecule has 1 aromatic rings. The summed E-state index contributed by atoms with van der Waals surface area (Å²) in [5, 5.41) is 32.2. The van der Waals surface area contributed by atoms with Crippen molar-refractivity contribution in [1.29, 1.82) is 5.41 Å². The average Bonchev–Trinajstić information content (AvgIpc) is 3.25. The zero-order chi connectivity index (χ0) is 28.3. The molecular formula is C27H35N5O7. The van der Waals surface area contributed by atoms with Crippen molar-refractivity contribution < 1.29 is 34.2 Å². The van der Waals surface area contributed by atoms with Gasteiger partial charge in [0.05, 0.1) is 12.8 Å². The fourth-order valence-corrected chi connectivity index (χ4v) is 6.32. The fourth-order valence-electron chi connectivity index (χ4n) is 6.32. The molecule has 0 radical (unpaired) electrons. The first kappa shape index (κ1) is 28.1. The van der Waals surface area contributed by atoms with Crippen LogP contribution >= 0.6 is 0 Å². The maximum atomic E-state index is 13.3. The molecule has 3 saturated carbocycles. The molecule has 1 heterocycles. The van der Waals surface area contributed by atoms with Crippen LogP contribution in [0.5, 0.6) is 0 Å². The first-order chi connectivity index (χ1) is 18.5. The van der Waals surface area contributed by atoms with Gasteiger partial charge in [0, 0.05) is 17.5 Å². The van der Waals surface area contributed by atoms with Crippen molar-refractivity contribution in [3.05, 3.63) is 35.4 Å². The Balaban J connectivity index is 1.41. The molecule has 0 aromatic heterocycles. The van der Waals surface area contributed by atoms with Crippen molar-refractivity contribution in [1.82, 2.24) is 15.5 Å². The zero-order valence-electron chi connectivity index (χ0n) is 21.7. The molecule has 0 unspecified atom stereocenters. The maximum Gasteiger partial charge on any atom is 0.326 e. The molecule has 3 atom stereocenters. The molecule has 210 valence electrons. The van der Waals surface area contributed by atoms with Gasteiger partial charge in [-0.15, -0.1) is 0 Å². The quantitative estimate of drug-likeness (QED) is 0.173. The van der Waals surface area contributed by atoms with Gasteiger partial charge in [-0.1, -0.05) is 24.3 Å². The van der Waals surface area contributed by atoms with Crippen molar-refractivity contribution in [3.63, 3.8) is 0 Å². The zero-order valence-corrected chi connectivity index (χ0v) is 21.7. The number of likely N-dealkylation sites (tertiary alicyclic amines) is 1. The van der Waals surface area contributed by atoms with Crippen molar-refractivity contribution >= 4 is 35.5 Å². The number of amides is 3. The van der Waals surface area contributed by atoms with Crippen LogP contribution in [0.2, 0.25) is 0 Å². The molecule has 1 aliphatic heterocycles. The van der Waals surface area contributed by atoms with Crippen LogP contribution in [-0.2, 0) is 30.4 Å². The minimum Gasteiger partial charge on any atom is -0.481 e. The summed E-state index contributed by atoms with van der Waals surface area (Å²) in [6, 6.07) is 3.06. The second-order valence-corrected chi connectivity index (χ2v) is 11.0. The number of carbonyl (C=O) groups is 5. The van der Waals surface area contributed by atoms with E-state index >= 15 is 0 Å². The van der Waals surface area contributed by atoms with E-state index in [0.717, 1.165) is 24.2 Å². The van der Waals surface area contributed by atoms with E-state index in [1.54, 1.807) is 24.3 Å². The molecule has 12 heteroatoms. The molecule has 12 nitrogen and oxygen atoms in total. The van der Waals surface area contributed by atoms with Crippen molar-refractivity contribution in [3.8, 4) is 0 Å². The summed E-state index contributed by atoms with van der Waals surface area (Å²) in [5.41, 5.74) is 6.04. The Kier molecular flexibility index (Phi) is 8.22. The van der Waals surface area contributed by atoms with Crippen LogP contribution in [-0.4, -0.2) is 75.3 Å². The fraction of sp³-hybridized carbons (Fsp3) is 0.556. The summed E-state index contributed by atoms with van der Waals surface area (Å²) in [5.74, 6) is -3.78. The Bertz CT molecular complexity index is 1150. The molecule has 1 saturated heterocycles. The third-order valence-corrected chi connectivity index (χ3v) is 8.55. The number of nitrogens with zero attached hydrogens (tertiary/aromatic N) is 1. The number of amidine groups is 1. The van der Waals surface area contributed by atoms with E-state index in [2.05, 4.69) is 10.6 Å². The van der Waals surface area contributed by atoms with Crippen LogP contribution in [0, 0.1) is 16.7 Å². The number of carbonyl (C=O) groups excluding carboxylic acids is 3. The van der Waals surface area contributed by atoms with Gasteiger partial charge >= 0.3 is 11.9 Å². The lowest BCUT2D eigenvalue weighted by Crippen LogP contribution is -2.60. The van der Waals surface area contributed by atoms with Crippen LogP contribution in [0.3, 0.4) is 0 Å². The highest BCUT2D eigenvalue weighted by atomic mass is 16.4. The molecule has 1 aromatic carbocycles. The molecule has 0 spiro atoms. The predicted octanol–water partition coefficient (Wildman–Crippen LogP) is 0.613. The van der Waals surface area contributed by atoms with E-state index in [9.17, 15) is 34.2 Å². The third-order valence-electron chi connectivity index (χ3n) is 8.55. The van der Waals surface area contributed by atoms with Gasteiger partial charge in [-0.25, -0.2) is 4.79 Å². The highest BCUT2D eigenvalue weighted by molar-refractivity contribution is 5.97. The normalized spacial score (nSPS) is 25.5. The topological polar surface area (TPSA) is 203 Å². The minimum atomic E-state index is -1.39. The van der Waals surface area contributed by atoms with Gasteiger partial charge < -0.3 is 31.5 Å². The van der Waals surface area contributed by atoms with Crippen molar-refractivity contribution in [2.75, 3.05) is 6.54 Å². The van der Waals surface area contributed by atoms with Gasteiger partial charge in [0.15, 0.2) is 0 Å². The Morgan fingerprint density at radius 1 is 1.05 bits per heavy atom. The molecule has 7 N–H and O–H groups in total. The predicted molar refractivity (Wildman–Crippen MR) is 139 cm³/mol. The number of nitrogens with one attached hydrogen (secondary N) is 3. The molecule has 39 heavy (non-hydrogen) atoms. The van der Waals surface area contributed by atoms with Crippen molar-refractivity contribution in [2.24, 2.45) is 17.1 Å². The lowest BCUT2D eigenvalue weighted by molar-refractivity contribution is -0.151. The molecule has 4 fully saturated rings. The van der Waals surface area contributed by atoms with Crippen LogP contribution in [0.1, 0.15) is 62.5 Å². The monoisotopic (exact) mass is 541 g/mol. The number of nitrogen functional groups attached to an aromatic ring is 1. The summed E-state index contributed by atoms with van der Waals surface area (Å²) in [6.07, 6.45) is 4.27. The molecule has 3 amide bonds. The standard InChI is InChI=1S/C27H35N5O7/c28-23(29)17-3-1-16(2-4-17)13-20(33)30-18-8-12-32(25(18)37)19(14-21(34)35)24(36)31-22(26(38)39)27-9-5-15(6-10-27)7-11-27/h1-4,15,18-19,22H,5-14H2,(H3,28,29)(H,30,33)(H,31,36)(H,34,35)(H,38,39)/t15?,18-,19-,22+,27?/m0/s1. The number of benzene rings is 1. The van der Waals surface area contributed by atoms with Gasteiger partial charge in [-0.05, 0) is 56.4 Å². The minimum absolute atomic E-state index is 0.0236. The Labute approximate surface area is 225 Å². The largest absolute Gasteiger partial charge is 0.481 e. The first-order valence-electron chi connectivity index (χ1n) is 13.3. The van der Waals surface area contributed by atoms with E-state index in [0.29, 0.717) is 36.3 Å². The number of hydrogen-bond donors (Lipinski definition) is 6. The summed E-state index contributed by atoms with van der Waals surface area (Å²) >= 11 is 0. The first-order valence-corrected chi connectivity index (χ1v) is 13.3. The smallest absolute Gasteiger partial charge is 0.326 e. The Morgan fingerprint density at radius 2 is 1.67 bits per heavy atom. The van der Waals surface area contributed by atoms with Gasteiger partial charge in [-0.3, -0.25) is 24.6 Å². The highest BCUT2D eigenvalue weighted by Gasteiger charge is 2.50. The van der Waals surface area contributed by atoms with Crippen LogP contribution < -0.4 is 16.4 Å². The second kappa shape index (κ2) is 11.4. The van der Waals surface area contributed by atoms with Crippen LogP contribution in [0.25, 0.3) is 0 Å². The number of carboxylic acid groups (broad SMARTS) is 2. The van der Waals surface area contributed by atoms with Gasteiger partial charge in [-0.2, -0.15) is 0 Å². The number of rotatable bonds is 11. The van der Waals surface area contributed by atoms with Gasteiger partial charge in [0.25, 0.3) is 0 Å². The van der Waals surface area contributed by atoms with E-state index < -0.39 is 59.6 Å². The molecular weight excluding hydrogens is 506 g/mol. The summed E-state index contributed by atoms with van der Waals surface area (Å²) < 4.78 is 0. The number of nitrogens with two attached hydrogens (primary N) is 1. The third kappa shape index (κ3) is 6.21. The summed E-state index contributed by atoms with van der Waals surface area (Å²) in [6.45, 7) is 0.0486. The summed E-state index contributed by atoms with van der Waals surface area (Å²) in [4.78, 5) is 64.1. The molecule has 2 bridgehead atoms. The lowest BCUT2D eigenvalue weighted by Gasteiger charge is -2.49. The molecule has 5 rings (SSSR count). The van der Waals surface area contributed by atoms with Crippen molar-refractivity contribution in [2.45, 2.75) is 75.9 Å². The van der Waals surface area contributed by atoms with Gasteiger partial charge in [0.2, 0.25) is 17.7 Å². The van der Waals surface area contributed by atoms with Crippen LogP contribution in [0.15, 0.2) is 24.3 Å². The highest BCUT2D eigenvalue weighted by Crippen LogP contribution is 2.52. The number of fused-ring (bicyclic) bond motifs is 3. The second-order valence-electron chi connectivity index (χ2n) is 11.0. The Morgan fingerprint density at radius 3 is 2.21 bits per heavy atom. The number of aliphatic carboxylic acids is 2.